The zero-order valence-corrected chi connectivity index (χ0v) is 27.2. The minimum atomic E-state index is 0.528. The van der Waals surface area contributed by atoms with Gasteiger partial charge in [0, 0.05) is 34.5 Å². The molecule has 238 valence electrons. The first-order valence-corrected chi connectivity index (χ1v) is 16.8. The van der Waals surface area contributed by atoms with Gasteiger partial charge < -0.3 is 4.42 Å². The van der Waals surface area contributed by atoms with E-state index < -0.39 is 0 Å². The predicted molar refractivity (Wildman–Crippen MR) is 205 cm³/mol. The van der Waals surface area contributed by atoms with Crippen LogP contribution in [0.25, 0.3) is 100 Å². The molecule has 10 aromatic rings. The summed E-state index contributed by atoms with van der Waals surface area (Å²) in [4.78, 5) is 24.4. The number of aromatic nitrogens is 5. The summed E-state index contributed by atoms with van der Waals surface area (Å²) >= 11 is 0. The maximum absolute atomic E-state index is 6.41. The minimum absolute atomic E-state index is 0.528. The zero-order valence-electron chi connectivity index (χ0n) is 27.2. The molecule has 10 rings (SSSR count). The highest BCUT2D eigenvalue weighted by molar-refractivity contribution is 6.10. The van der Waals surface area contributed by atoms with E-state index in [4.69, 9.17) is 24.4 Å². The van der Waals surface area contributed by atoms with Crippen LogP contribution in [0.2, 0.25) is 0 Å². The largest absolute Gasteiger partial charge is 0.434 e. The molecule has 0 aliphatic carbocycles. The normalized spacial score (nSPS) is 11.5. The van der Waals surface area contributed by atoms with E-state index in [-0.39, 0.29) is 0 Å². The fourth-order valence-electron chi connectivity index (χ4n) is 6.93. The van der Waals surface area contributed by atoms with Gasteiger partial charge in [0.1, 0.15) is 11.2 Å². The van der Waals surface area contributed by atoms with Crippen LogP contribution in [0.4, 0.5) is 0 Å². The molecule has 0 atom stereocenters. The van der Waals surface area contributed by atoms with Crippen molar-refractivity contribution in [1.82, 2.24) is 24.9 Å². The van der Waals surface area contributed by atoms with E-state index in [1.54, 1.807) is 6.20 Å². The molecular formula is C45H27N5O. The van der Waals surface area contributed by atoms with E-state index in [9.17, 15) is 0 Å². The highest BCUT2D eigenvalue weighted by Crippen LogP contribution is 2.40. The van der Waals surface area contributed by atoms with Gasteiger partial charge >= 0.3 is 0 Å². The molecule has 0 amide bonds. The molecule has 0 aliphatic heterocycles. The molecule has 0 saturated carbocycles. The lowest BCUT2D eigenvalue weighted by molar-refractivity contribution is 0.653. The lowest BCUT2D eigenvalue weighted by Gasteiger charge is -2.13. The molecule has 6 nitrogen and oxygen atoms in total. The Bertz CT molecular complexity index is 2910. The fourth-order valence-corrected chi connectivity index (χ4v) is 6.93. The molecule has 5 aromatic heterocycles. The van der Waals surface area contributed by atoms with Crippen molar-refractivity contribution in [2.45, 2.75) is 0 Å². The molecule has 0 aliphatic rings. The van der Waals surface area contributed by atoms with Crippen LogP contribution >= 0.6 is 0 Å². The highest BCUT2D eigenvalue weighted by Gasteiger charge is 2.20. The van der Waals surface area contributed by atoms with Gasteiger partial charge in [-0.2, -0.15) is 0 Å². The number of nitrogens with zero attached hydrogens (tertiary/aromatic N) is 5. The molecule has 5 aromatic carbocycles. The molecular weight excluding hydrogens is 627 g/mol. The van der Waals surface area contributed by atoms with Gasteiger partial charge in [-0.25, -0.2) is 19.9 Å². The molecule has 0 N–H and O–H groups in total. The second-order valence-electron chi connectivity index (χ2n) is 12.5. The van der Waals surface area contributed by atoms with Crippen LogP contribution in [0, 0.1) is 0 Å². The Hall–Kier alpha value is -7.05. The summed E-state index contributed by atoms with van der Waals surface area (Å²) in [7, 11) is 0. The van der Waals surface area contributed by atoms with Crippen molar-refractivity contribution in [1.29, 1.82) is 0 Å². The van der Waals surface area contributed by atoms with Crippen LogP contribution < -0.4 is 0 Å². The Morgan fingerprint density at radius 2 is 1.16 bits per heavy atom. The van der Waals surface area contributed by atoms with Crippen molar-refractivity contribution in [3.63, 3.8) is 0 Å². The summed E-state index contributed by atoms with van der Waals surface area (Å²) in [5.74, 6) is 0.641. The van der Waals surface area contributed by atoms with Crippen molar-refractivity contribution in [2.75, 3.05) is 0 Å². The monoisotopic (exact) mass is 653 g/mol. The van der Waals surface area contributed by atoms with Crippen LogP contribution in [0.1, 0.15) is 0 Å². The van der Waals surface area contributed by atoms with E-state index in [1.165, 1.54) is 0 Å². The average molecular weight is 654 g/mol. The highest BCUT2D eigenvalue weighted by atomic mass is 16.3. The van der Waals surface area contributed by atoms with Crippen LogP contribution in [0.5, 0.6) is 0 Å². The molecule has 6 heteroatoms. The van der Waals surface area contributed by atoms with E-state index in [0.717, 1.165) is 83.0 Å². The number of rotatable bonds is 5. The fraction of sp³-hybridized carbons (Fsp3) is 0. The maximum Gasteiger partial charge on any atom is 0.229 e. The Labute approximate surface area is 292 Å². The second-order valence-corrected chi connectivity index (χ2v) is 12.5. The number of pyridine rings is 3. The van der Waals surface area contributed by atoms with E-state index in [0.29, 0.717) is 17.1 Å². The number of hydrogen-bond donors (Lipinski definition) is 0. The molecule has 0 saturated heterocycles. The third-order valence-electron chi connectivity index (χ3n) is 9.42. The first-order chi connectivity index (χ1) is 25.3. The summed E-state index contributed by atoms with van der Waals surface area (Å²) < 4.78 is 6.41. The standard InChI is InChI=1S/C45H27N5O/c1-3-11-29(12-4-1)41-43-42(50-44(49-41)30-13-5-2-6-14-30)37-25-32(27-47-45(37)51-43)34-22-21-33(35-15-7-8-16-36(34)35)31-19-18-28-20-23-39(48-40(28)26-31)38-17-9-10-24-46-38/h1-27H. The third kappa shape index (κ3) is 5.01. The van der Waals surface area contributed by atoms with Crippen LogP contribution in [0.3, 0.4) is 0 Å². The van der Waals surface area contributed by atoms with Gasteiger partial charge in [-0.3, -0.25) is 4.98 Å². The smallest absolute Gasteiger partial charge is 0.229 e. The Kier molecular flexibility index (Phi) is 6.70. The second kappa shape index (κ2) is 11.8. The van der Waals surface area contributed by atoms with E-state index >= 15 is 0 Å². The summed E-state index contributed by atoms with van der Waals surface area (Å²) in [6, 6.07) is 51.7. The van der Waals surface area contributed by atoms with Crippen LogP contribution in [-0.4, -0.2) is 24.9 Å². The van der Waals surface area contributed by atoms with E-state index in [2.05, 4.69) is 71.7 Å². The number of hydrogen-bond acceptors (Lipinski definition) is 6. The molecule has 0 fully saturated rings. The van der Waals surface area contributed by atoms with Crippen molar-refractivity contribution in [2.24, 2.45) is 0 Å². The van der Waals surface area contributed by atoms with Crippen molar-refractivity contribution in [3.05, 3.63) is 164 Å². The Balaban J connectivity index is 1.12. The molecule has 0 unspecified atom stereocenters. The minimum Gasteiger partial charge on any atom is -0.434 e. The Morgan fingerprint density at radius 1 is 0.451 bits per heavy atom. The molecule has 0 bridgehead atoms. The lowest BCUT2D eigenvalue weighted by Crippen LogP contribution is -1.93. The predicted octanol–water partition coefficient (Wildman–Crippen LogP) is 11.2. The first kappa shape index (κ1) is 28.9. The van der Waals surface area contributed by atoms with Gasteiger partial charge in [0.05, 0.1) is 22.3 Å². The van der Waals surface area contributed by atoms with Crippen molar-refractivity contribution >= 4 is 43.9 Å². The van der Waals surface area contributed by atoms with Crippen molar-refractivity contribution in [3.8, 4) is 56.3 Å². The summed E-state index contributed by atoms with van der Waals surface area (Å²) in [6.45, 7) is 0. The van der Waals surface area contributed by atoms with Gasteiger partial charge in [0.25, 0.3) is 0 Å². The number of fused-ring (bicyclic) bond motifs is 5. The first-order valence-electron chi connectivity index (χ1n) is 16.8. The summed E-state index contributed by atoms with van der Waals surface area (Å²) in [6.07, 6.45) is 3.68. The zero-order chi connectivity index (χ0) is 33.7. The molecule has 0 radical (unpaired) electrons. The average Bonchev–Trinajstić information content (AvgIpc) is 3.58. The summed E-state index contributed by atoms with van der Waals surface area (Å²) in [5, 5.41) is 4.20. The number of benzene rings is 5. The van der Waals surface area contributed by atoms with Crippen LogP contribution in [-0.2, 0) is 0 Å². The van der Waals surface area contributed by atoms with Gasteiger partial charge in [-0.05, 0) is 57.8 Å². The van der Waals surface area contributed by atoms with Crippen molar-refractivity contribution < 1.29 is 4.42 Å². The van der Waals surface area contributed by atoms with Crippen LogP contribution in [0.15, 0.2) is 168 Å². The third-order valence-corrected chi connectivity index (χ3v) is 9.42. The quantitative estimate of drug-likeness (QED) is 0.184. The molecule has 51 heavy (non-hydrogen) atoms. The maximum atomic E-state index is 6.41. The van der Waals surface area contributed by atoms with Gasteiger partial charge in [0.2, 0.25) is 5.71 Å². The lowest BCUT2D eigenvalue weighted by atomic mass is 9.92. The molecule has 5 heterocycles. The van der Waals surface area contributed by atoms with E-state index in [1.807, 2.05) is 91.1 Å². The Morgan fingerprint density at radius 3 is 1.92 bits per heavy atom. The topological polar surface area (TPSA) is 77.6 Å². The summed E-state index contributed by atoms with van der Waals surface area (Å²) in [5.41, 5.74) is 11.5. The van der Waals surface area contributed by atoms with Gasteiger partial charge in [0.15, 0.2) is 11.4 Å². The SMILES string of the molecule is c1ccc(-c2nc(-c3ccccc3)c3oc4ncc(-c5ccc(-c6ccc7ccc(-c8ccccn8)nc7c6)c6ccccc56)cc4c3n2)cc1. The number of furan rings is 1. The van der Waals surface area contributed by atoms with Gasteiger partial charge in [-0.15, -0.1) is 0 Å². The van der Waals surface area contributed by atoms with Gasteiger partial charge in [-0.1, -0.05) is 121 Å². The molecule has 0 spiro atoms.